The molecule has 8 heteroatoms. The van der Waals surface area contributed by atoms with Gasteiger partial charge in [0.2, 0.25) is 5.76 Å². The van der Waals surface area contributed by atoms with Crippen molar-refractivity contribution in [3.8, 4) is 0 Å². The van der Waals surface area contributed by atoms with Crippen LogP contribution in [0.1, 0.15) is 22.1 Å². The van der Waals surface area contributed by atoms with Crippen molar-refractivity contribution < 1.29 is 13.9 Å². The number of para-hydroxylation sites is 1. The fourth-order valence-corrected chi connectivity index (χ4v) is 3.37. The molecule has 0 aliphatic carbocycles. The minimum Gasteiger partial charge on any atom is -0.463 e. The van der Waals surface area contributed by atoms with Gasteiger partial charge in [0.15, 0.2) is 10.8 Å². The van der Waals surface area contributed by atoms with Crippen molar-refractivity contribution in [3.63, 3.8) is 0 Å². The van der Waals surface area contributed by atoms with E-state index in [1.54, 1.807) is 16.6 Å². The number of carbonyl (C=O) groups is 1. The molecule has 1 aromatic carbocycles. The predicted octanol–water partition coefficient (Wildman–Crippen LogP) is 3.26. The molecular formula is C17H14N4O3S. The van der Waals surface area contributed by atoms with Gasteiger partial charge in [-0.1, -0.05) is 23.9 Å². The monoisotopic (exact) mass is 354 g/mol. The number of methoxy groups -OCH3 is 1. The van der Waals surface area contributed by atoms with E-state index in [9.17, 15) is 4.79 Å². The maximum absolute atomic E-state index is 11.5. The van der Waals surface area contributed by atoms with Gasteiger partial charge >= 0.3 is 5.97 Å². The van der Waals surface area contributed by atoms with E-state index in [1.807, 2.05) is 31.2 Å². The highest BCUT2D eigenvalue weighted by Crippen LogP contribution is 2.26. The number of fused-ring (bicyclic) bond motifs is 3. The molecule has 0 aliphatic heterocycles. The van der Waals surface area contributed by atoms with Crippen LogP contribution in [0.2, 0.25) is 0 Å². The van der Waals surface area contributed by atoms with E-state index in [2.05, 4.69) is 19.8 Å². The third-order valence-electron chi connectivity index (χ3n) is 3.65. The molecule has 0 fully saturated rings. The summed E-state index contributed by atoms with van der Waals surface area (Å²) < 4.78 is 11.9. The fraction of sp³-hybridized carbons (Fsp3) is 0.176. The van der Waals surface area contributed by atoms with Crippen LogP contribution in [-0.2, 0) is 10.5 Å². The lowest BCUT2D eigenvalue weighted by atomic mass is 10.2. The Bertz CT molecular complexity index is 1090. The minimum atomic E-state index is -0.491. The van der Waals surface area contributed by atoms with Gasteiger partial charge in [0.1, 0.15) is 11.6 Å². The van der Waals surface area contributed by atoms with Crippen molar-refractivity contribution in [2.24, 2.45) is 0 Å². The largest absolute Gasteiger partial charge is 0.463 e. The molecule has 0 saturated heterocycles. The zero-order chi connectivity index (χ0) is 17.4. The van der Waals surface area contributed by atoms with Gasteiger partial charge in [0.25, 0.3) is 0 Å². The number of furan rings is 1. The summed E-state index contributed by atoms with van der Waals surface area (Å²) in [5.74, 6) is 1.55. The molecule has 0 radical (unpaired) electrons. The Morgan fingerprint density at radius 2 is 2.08 bits per heavy atom. The maximum Gasteiger partial charge on any atom is 0.373 e. The SMILES string of the molecule is COC(=O)c1ccc(CSc2nc3ccccc3c3nc(C)nn23)o1. The van der Waals surface area contributed by atoms with Crippen molar-refractivity contribution in [1.29, 1.82) is 0 Å². The summed E-state index contributed by atoms with van der Waals surface area (Å²) >= 11 is 1.47. The number of carbonyl (C=O) groups excluding carboxylic acids is 1. The average molecular weight is 354 g/mol. The van der Waals surface area contributed by atoms with Crippen LogP contribution in [0.3, 0.4) is 0 Å². The molecule has 126 valence electrons. The van der Waals surface area contributed by atoms with Crippen LogP contribution in [0.25, 0.3) is 16.6 Å². The second-order valence-electron chi connectivity index (χ2n) is 5.35. The molecular weight excluding hydrogens is 340 g/mol. The standard InChI is InChI=1S/C17H14N4O3S/c1-10-18-15-12-5-3-4-6-13(12)19-17(21(15)20-10)25-9-11-7-8-14(24-11)16(22)23-2/h3-8H,9H2,1-2H3. The summed E-state index contributed by atoms with van der Waals surface area (Å²) in [6, 6.07) is 11.2. The van der Waals surface area contributed by atoms with E-state index in [1.165, 1.54) is 18.9 Å². The van der Waals surface area contributed by atoms with E-state index in [4.69, 9.17) is 4.42 Å². The minimum absolute atomic E-state index is 0.186. The van der Waals surface area contributed by atoms with E-state index in [-0.39, 0.29) is 5.76 Å². The van der Waals surface area contributed by atoms with E-state index >= 15 is 0 Å². The van der Waals surface area contributed by atoms with Gasteiger partial charge < -0.3 is 9.15 Å². The topological polar surface area (TPSA) is 82.5 Å². The number of aromatic nitrogens is 4. The van der Waals surface area contributed by atoms with E-state index < -0.39 is 5.97 Å². The first-order chi connectivity index (χ1) is 12.2. The Kier molecular flexibility index (Phi) is 3.89. The number of aryl methyl sites for hydroxylation is 1. The van der Waals surface area contributed by atoms with Crippen LogP contribution < -0.4 is 0 Å². The second kappa shape index (κ2) is 6.21. The van der Waals surface area contributed by atoms with Gasteiger partial charge in [-0.25, -0.2) is 14.8 Å². The summed E-state index contributed by atoms with van der Waals surface area (Å²) in [4.78, 5) is 20.7. The normalized spacial score (nSPS) is 11.3. The number of rotatable bonds is 4. The zero-order valence-electron chi connectivity index (χ0n) is 13.6. The zero-order valence-corrected chi connectivity index (χ0v) is 14.4. The van der Waals surface area contributed by atoms with Crippen LogP contribution >= 0.6 is 11.8 Å². The maximum atomic E-state index is 11.5. The Morgan fingerprint density at radius 3 is 2.92 bits per heavy atom. The summed E-state index contributed by atoms with van der Waals surface area (Å²) in [7, 11) is 1.32. The van der Waals surface area contributed by atoms with Gasteiger partial charge in [-0.2, -0.15) is 4.52 Å². The Hall–Kier alpha value is -2.87. The summed E-state index contributed by atoms with van der Waals surface area (Å²) in [6.45, 7) is 1.85. The molecule has 0 unspecified atom stereocenters. The van der Waals surface area contributed by atoms with Gasteiger partial charge in [0, 0.05) is 5.39 Å². The highest BCUT2D eigenvalue weighted by atomic mass is 32.2. The first-order valence-corrected chi connectivity index (χ1v) is 8.56. The number of esters is 1. The van der Waals surface area contributed by atoms with Crippen molar-refractivity contribution in [1.82, 2.24) is 19.6 Å². The number of ether oxygens (including phenoxy) is 1. The van der Waals surface area contributed by atoms with Crippen LogP contribution in [-0.4, -0.2) is 32.7 Å². The summed E-state index contributed by atoms with van der Waals surface area (Å²) in [5, 5.41) is 6.11. The van der Waals surface area contributed by atoms with Crippen LogP contribution in [0.5, 0.6) is 0 Å². The predicted molar refractivity (Wildman–Crippen MR) is 92.6 cm³/mol. The smallest absolute Gasteiger partial charge is 0.373 e. The highest BCUT2D eigenvalue weighted by Gasteiger charge is 2.15. The molecule has 4 rings (SSSR count). The number of thioether (sulfide) groups is 1. The molecule has 0 saturated carbocycles. The lowest BCUT2D eigenvalue weighted by Crippen LogP contribution is -1.99. The number of hydrogen-bond acceptors (Lipinski definition) is 7. The summed E-state index contributed by atoms with van der Waals surface area (Å²) in [6.07, 6.45) is 0. The van der Waals surface area contributed by atoms with Crippen LogP contribution in [0.4, 0.5) is 0 Å². The molecule has 0 spiro atoms. The Morgan fingerprint density at radius 1 is 1.24 bits per heavy atom. The van der Waals surface area contributed by atoms with E-state index in [0.29, 0.717) is 22.5 Å². The molecule has 0 amide bonds. The second-order valence-corrected chi connectivity index (χ2v) is 6.29. The molecule has 0 bridgehead atoms. The number of benzene rings is 1. The average Bonchev–Trinajstić information content (AvgIpc) is 3.25. The number of hydrogen-bond donors (Lipinski definition) is 0. The van der Waals surface area contributed by atoms with Crippen molar-refractivity contribution in [2.45, 2.75) is 17.8 Å². The highest BCUT2D eigenvalue weighted by molar-refractivity contribution is 7.98. The molecule has 0 atom stereocenters. The third-order valence-corrected chi connectivity index (χ3v) is 4.60. The summed E-state index contributed by atoms with van der Waals surface area (Å²) in [5.41, 5.74) is 1.64. The quantitative estimate of drug-likeness (QED) is 0.316. The lowest BCUT2D eigenvalue weighted by Gasteiger charge is -2.05. The Labute approximate surface area is 147 Å². The molecule has 0 N–H and O–H groups in total. The Balaban J connectivity index is 1.68. The van der Waals surface area contributed by atoms with Gasteiger partial charge in [-0.05, 0) is 31.2 Å². The van der Waals surface area contributed by atoms with Crippen molar-refractivity contribution >= 4 is 34.3 Å². The lowest BCUT2D eigenvalue weighted by molar-refractivity contribution is 0.0563. The molecule has 0 aliphatic rings. The van der Waals surface area contributed by atoms with Gasteiger partial charge in [0.05, 0.1) is 18.4 Å². The van der Waals surface area contributed by atoms with Crippen molar-refractivity contribution in [2.75, 3.05) is 7.11 Å². The molecule has 25 heavy (non-hydrogen) atoms. The first-order valence-electron chi connectivity index (χ1n) is 7.57. The molecule has 3 heterocycles. The van der Waals surface area contributed by atoms with E-state index in [0.717, 1.165) is 16.6 Å². The third kappa shape index (κ3) is 2.85. The molecule has 4 aromatic rings. The van der Waals surface area contributed by atoms with Crippen LogP contribution in [0, 0.1) is 6.92 Å². The molecule has 3 aromatic heterocycles. The van der Waals surface area contributed by atoms with Gasteiger partial charge in [-0.3, -0.25) is 0 Å². The number of nitrogens with zero attached hydrogens (tertiary/aromatic N) is 4. The fourth-order valence-electron chi connectivity index (χ4n) is 2.53. The van der Waals surface area contributed by atoms with Gasteiger partial charge in [-0.15, -0.1) is 5.10 Å². The first kappa shape index (κ1) is 15.6. The van der Waals surface area contributed by atoms with Crippen molar-refractivity contribution in [3.05, 3.63) is 53.7 Å². The molecule has 7 nitrogen and oxygen atoms in total. The van der Waals surface area contributed by atoms with Crippen LogP contribution in [0.15, 0.2) is 46.0 Å².